The number of halogens is 1. The first kappa shape index (κ1) is 26.8. The molecule has 3 N–H and O–H groups in total. The summed E-state index contributed by atoms with van der Waals surface area (Å²) in [5, 5.41) is 32.3. The summed E-state index contributed by atoms with van der Waals surface area (Å²) in [6, 6.07) is 13.2. The lowest BCUT2D eigenvalue weighted by atomic mass is 9.84. The van der Waals surface area contributed by atoms with Crippen molar-refractivity contribution in [3.8, 4) is 11.5 Å². The van der Waals surface area contributed by atoms with Crippen LogP contribution in [0.3, 0.4) is 0 Å². The number of hydrogen-bond donors (Lipinski definition) is 3. The number of nitrogens with zero attached hydrogens (tertiary/aromatic N) is 2. The maximum absolute atomic E-state index is 11.2. The Morgan fingerprint density at radius 3 is 2.63 bits per heavy atom. The number of benzene rings is 2. The Hall–Kier alpha value is -2.81. The molecule has 2 aromatic rings. The largest absolute Gasteiger partial charge is 0.493 e. The first-order chi connectivity index (χ1) is 18.4. The zero-order valence-corrected chi connectivity index (χ0v) is 22.4. The summed E-state index contributed by atoms with van der Waals surface area (Å²) >= 11 is 6.02. The maximum atomic E-state index is 11.2. The van der Waals surface area contributed by atoms with Crippen LogP contribution in [0.5, 0.6) is 11.5 Å². The minimum Gasteiger partial charge on any atom is -0.493 e. The van der Waals surface area contributed by atoms with Crippen molar-refractivity contribution in [2.24, 2.45) is 0 Å². The molecule has 0 spiro atoms. The molecule has 0 amide bonds. The first-order valence-electron chi connectivity index (χ1n) is 13.2. The third-order valence-electron chi connectivity index (χ3n) is 7.61. The fraction of sp³-hybridized carbons (Fsp3) is 0.400. The SMILES string of the molecule is CCOc1cccc2c1CC(=CCCN1CCC(O)(c3ccc(Cl)cc3)CC1)C1=C(O2)N(CO)C(O)C=C1. The van der Waals surface area contributed by atoms with Crippen LogP contribution in [0.15, 0.2) is 77.7 Å². The maximum Gasteiger partial charge on any atom is 0.207 e. The Morgan fingerprint density at radius 1 is 1.16 bits per heavy atom. The molecule has 7 nitrogen and oxygen atoms in total. The van der Waals surface area contributed by atoms with Gasteiger partial charge in [-0.2, -0.15) is 0 Å². The lowest BCUT2D eigenvalue weighted by molar-refractivity contribution is -0.0255. The topological polar surface area (TPSA) is 85.6 Å². The number of rotatable bonds is 7. The van der Waals surface area contributed by atoms with Crippen molar-refractivity contribution in [2.75, 3.05) is 33.0 Å². The van der Waals surface area contributed by atoms with Crippen LogP contribution in [0.25, 0.3) is 0 Å². The van der Waals surface area contributed by atoms with Crippen molar-refractivity contribution >= 4 is 11.6 Å². The van der Waals surface area contributed by atoms with Gasteiger partial charge in [0, 0.05) is 42.2 Å². The molecule has 1 unspecified atom stereocenters. The van der Waals surface area contributed by atoms with E-state index in [9.17, 15) is 15.3 Å². The number of aliphatic hydroxyl groups excluding tert-OH is 2. The average molecular weight is 539 g/mol. The predicted octanol–water partition coefficient (Wildman–Crippen LogP) is 4.33. The van der Waals surface area contributed by atoms with E-state index in [-0.39, 0.29) is 6.73 Å². The Kier molecular flexibility index (Phi) is 8.12. The summed E-state index contributed by atoms with van der Waals surface area (Å²) < 4.78 is 12.2. The second-order valence-corrected chi connectivity index (χ2v) is 10.4. The van der Waals surface area contributed by atoms with Crippen LogP contribution in [-0.2, 0) is 12.0 Å². The molecule has 1 fully saturated rings. The van der Waals surface area contributed by atoms with Gasteiger partial charge in [0.05, 0.1) is 12.2 Å². The molecule has 0 aliphatic carbocycles. The minimum atomic E-state index is -0.968. The summed E-state index contributed by atoms with van der Waals surface area (Å²) in [6.45, 7) is 4.60. The fourth-order valence-corrected chi connectivity index (χ4v) is 5.56. The molecule has 1 atom stereocenters. The van der Waals surface area contributed by atoms with E-state index in [0.29, 0.717) is 42.5 Å². The molecule has 0 aromatic heterocycles. The van der Waals surface area contributed by atoms with Crippen LogP contribution < -0.4 is 9.47 Å². The summed E-state index contributed by atoms with van der Waals surface area (Å²) in [6.07, 6.45) is 7.55. The number of fused-ring (bicyclic) bond motifs is 1. The van der Waals surface area contributed by atoms with Crippen LogP contribution >= 0.6 is 11.6 Å². The van der Waals surface area contributed by atoms with Crippen LogP contribution in [-0.4, -0.2) is 64.3 Å². The molecule has 0 bridgehead atoms. The Morgan fingerprint density at radius 2 is 1.92 bits per heavy atom. The number of allylic oxidation sites excluding steroid dienone is 3. The van der Waals surface area contributed by atoms with Crippen LogP contribution in [0.4, 0.5) is 0 Å². The predicted molar refractivity (Wildman–Crippen MR) is 147 cm³/mol. The van der Waals surface area contributed by atoms with E-state index in [1.165, 1.54) is 4.90 Å². The number of ether oxygens (including phenoxy) is 2. The van der Waals surface area contributed by atoms with E-state index < -0.39 is 11.8 Å². The van der Waals surface area contributed by atoms with Gasteiger partial charge in [0.25, 0.3) is 0 Å². The molecular formula is C30H35ClN2O5. The molecule has 0 radical (unpaired) electrons. The van der Waals surface area contributed by atoms with Crippen LogP contribution in [0, 0.1) is 0 Å². The zero-order valence-electron chi connectivity index (χ0n) is 21.6. The van der Waals surface area contributed by atoms with Gasteiger partial charge in [-0.25, -0.2) is 0 Å². The van der Waals surface area contributed by atoms with Crippen molar-refractivity contribution in [3.63, 3.8) is 0 Å². The highest BCUT2D eigenvalue weighted by molar-refractivity contribution is 6.30. The summed E-state index contributed by atoms with van der Waals surface area (Å²) in [7, 11) is 0. The van der Waals surface area contributed by atoms with Crippen molar-refractivity contribution in [3.05, 3.63) is 93.9 Å². The molecule has 3 heterocycles. The molecule has 2 aromatic carbocycles. The molecule has 3 aliphatic rings. The number of hydrogen-bond acceptors (Lipinski definition) is 7. The van der Waals surface area contributed by atoms with E-state index in [2.05, 4.69) is 11.0 Å². The smallest absolute Gasteiger partial charge is 0.207 e. The van der Waals surface area contributed by atoms with Crippen molar-refractivity contribution in [2.45, 2.75) is 44.4 Å². The second kappa shape index (κ2) is 11.5. The molecule has 202 valence electrons. The molecule has 38 heavy (non-hydrogen) atoms. The Balaban J connectivity index is 1.33. The summed E-state index contributed by atoms with van der Waals surface area (Å²) in [5.74, 6) is 1.87. The van der Waals surface area contributed by atoms with Gasteiger partial charge in [0.15, 0.2) is 6.23 Å². The highest BCUT2D eigenvalue weighted by atomic mass is 35.5. The van der Waals surface area contributed by atoms with Crippen LogP contribution in [0.2, 0.25) is 5.02 Å². The van der Waals surface area contributed by atoms with Crippen molar-refractivity contribution in [1.29, 1.82) is 0 Å². The fourth-order valence-electron chi connectivity index (χ4n) is 5.43. The standard InChI is InChI=1S/C30H35ClN2O5/c1-2-37-26-6-3-7-27-25(26)19-21(24-12-13-28(35)33(20-34)29(24)38-27)5-4-16-32-17-14-30(36,15-18-32)22-8-10-23(31)11-9-22/h3,5-13,28,34-36H,2,4,14-20H2,1H3. The van der Waals surface area contributed by atoms with Gasteiger partial charge in [-0.3, -0.25) is 4.90 Å². The quantitative estimate of drug-likeness (QED) is 0.484. The highest BCUT2D eigenvalue weighted by Gasteiger charge is 2.34. The summed E-state index contributed by atoms with van der Waals surface area (Å²) in [4.78, 5) is 3.82. The van der Waals surface area contributed by atoms with E-state index in [1.807, 2.05) is 55.5 Å². The first-order valence-corrected chi connectivity index (χ1v) is 13.6. The van der Waals surface area contributed by atoms with E-state index in [1.54, 1.807) is 6.08 Å². The lowest BCUT2D eigenvalue weighted by Gasteiger charge is -2.38. The van der Waals surface area contributed by atoms with Crippen molar-refractivity contribution < 1.29 is 24.8 Å². The van der Waals surface area contributed by atoms with E-state index in [4.69, 9.17) is 21.1 Å². The Labute approximate surface area is 228 Å². The molecule has 1 saturated heterocycles. The molecule has 3 aliphatic heterocycles. The van der Waals surface area contributed by atoms with E-state index >= 15 is 0 Å². The van der Waals surface area contributed by atoms with Gasteiger partial charge in [-0.1, -0.05) is 35.9 Å². The number of piperidine rings is 1. The second-order valence-electron chi connectivity index (χ2n) is 9.95. The van der Waals surface area contributed by atoms with Crippen molar-refractivity contribution in [1.82, 2.24) is 9.80 Å². The molecular weight excluding hydrogens is 504 g/mol. The van der Waals surface area contributed by atoms with Gasteiger partial charge in [-0.05, 0) is 73.7 Å². The zero-order chi connectivity index (χ0) is 26.7. The summed E-state index contributed by atoms with van der Waals surface area (Å²) in [5.41, 5.74) is 2.95. The van der Waals surface area contributed by atoms with Gasteiger partial charge < -0.3 is 29.7 Å². The van der Waals surface area contributed by atoms with Gasteiger partial charge in [-0.15, -0.1) is 0 Å². The third kappa shape index (κ3) is 5.48. The monoisotopic (exact) mass is 538 g/mol. The molecule has 0 saturated carbocycles. The van der Waals surface area contributed by atoms with Gasteiger partial charge in [0.1, 0.15) is 18.2 Å². The number of likely N-dealkylation sites (tertiary alicyclic amines) is 1. The number of aliphatic hydroxyl groups is 3. The van der Waals surface area contributed by atoms with E-state index in [0.717, 1.165) is 54.1 Å². The highest BCUT2D eigenvalue weighted by Crippen LogP contribution is 2.40. The third-order valence-corrected chi connectivity index (χ3v) is 7.86. The van der Waals surface area contributed by atoms with Gasteiger partial charge >= 0.3 is 0 Å². The molecule has 5 rings (SSSR count). The molecule has 8 heteroatoms. The minimum absolute atomic E-state index is 0.373. The lowest BCUT2D eigenvalue weighted by Crippen LogP contribution is -2.42. The van der Waals surface area contributed by atoms with Crippen LogP contribution in [0.1, 0.15) is 37.3 Å². The average Bonchev–Trinajstić information content (AvgIpc) is 3.07. The normalized spacial score (nSPS) is 22.1. The Bertz CT molecular complexity index is 1230. The van der Waals surface area contributed by atoms with Gasteiger partial charge in [0.2, 0.25) is 5.88 Å².